The lowest BCUT2D eigenvalue weighted by Gasteiger charge is -2.08. The largest absolute Gasteiger partial charge is 0.381 e. The molecule has 2 rings (SSSR count). The SMILES string of the molecule is Fc1cc(NCc2cc(F)c(F)c(F)c2)ccc1Cl. The molecule has 1 nitrogen and oxygen atoms in total. The van der Waals surface area contributed by atoms with Crippen molar-refractivity contribution in [3.8, 4) is 0 Å². The molecule has 0 bridgehead atoms. The average Bonchev–Trinajstić information content (AvgIpc) is 2.37. The molecule has 0 unspecified atom stereocenters. The molecule has 6 heteroatoms. The molecule has 0 aliphatic rings. The van der Waals surface area contributed by atoms with Gasteiger partial charge in [-0.15, -0.1) is 0 Å². The zero-order chi connectivity index (χ0) is 14.0. The number of hydrogen-bond donors (Lipinski definition) is 1. The second-order valence-corrected chi connectivity index (χ2v) is 4.26. The Kier molecular flexibility index (Phi) is 3.95. The third kappa shape index (κ3) is 3.17. The minimum Gasteiger partial charge on any atom is -0.381 e. The summed E-state index contributed by atoms with van der Waals surface area (Å²) in [6, 6.07) is 5.76. The summed E-state index contributed by atoms with van der Waals surface area (Å²) in [6.07, 6.45) is 0. The van der Waals surface area contributed by atoms with Gasteiger partial charge < -0.3 is 5.32 Å². The number of anilines is 1. The summed E-state index contributed by atoms with van der Waals surface area (Å²) in [4.78, 5) is 0. The number of halogens is 5. The summed E-state index contributed by atoms with van der Waals surface area (Å²) in [6.45, 7) is 0.0230. The van der Waals surface area contributed by atoms with Crippen LogP contribution in [0.4, 0.5) is 23.2 Å². The number of hydrogen-bond acceptors (Lipinski definition) is 1. The minimum atomic E-state index is -1.51. The molecule has 0 atom stereocenters. The topological polar surface area (TPSA) is 12.0 Å². The van der Waals surface area contributed by atoms with Gasteiger partial charge >= 0.3 is 0 Å². The fourth-order valence-electron chi connectivity index (χ4n) is 1.52. The predicted molar refractivity (Wildman–Crippen MR) is 65.1 cm³/mol. The highest BCUT2D eigenvalue weighted by Crippen LogP contribution is 2.20. The third-order valence-corrected chi connectivity index (χ3v) is 2.77. The van der Waals surface area contributed by atoms with Crippen LogP contribution in [0.5, 0.6) is 0 Å². The Balaban J connectivity index is 2.12. The van der Waals surface area contributed by atoms with Gasteiger partial charge in [0.25, 0.3) is 0 Å². The maximum absolute atomic E-state index is 13.1. The van der Waals surface area contributed by atoms with Crippen molar-refractivity contribution in [2.24, 2.45) is 0 Å². The van der Waals surface area contributed by atoms with E-state index in [1.54, 1.807) is 0 Å². The Labute approximate surface area is 111 Å². The molecule has 2 aromatic carbocycles. The van der Waals surface area contributed by atoms with Crippen LogP contribution in [0.25, 0.3) is 0 Å². The van der Waals surface area contributed by atoms with Gasteiger partial charge in [-0.05, 0) is 35.9 Å². The zero-order valence-corrected chi connectivity index (χ0v) is 10.2. The van der Waals surface area contributed by atoms with Crippen LogP contribution in [0, 0.1) is 23.3 Å². The first-order valence-electron chi connectivity index (χ1n) is 5.29. The Bertz CT molecular complexity index is 593. The summed E-state index contributed by atoms with van der Waals surface area (Å²) in [5.41, 5.74) is 0.596. The molecule has 0 fully saturated rings. The molecule has 100 valence electrons. The maximum atomic E-state index is 13.1. The molecule has 0 saturated carbocycles. The van der Waals surface area contributed by atoms with Crippen LogP contribution in [-0.2, 0) is 6.54 Å². The van der Waals surface area contributed by atoms with Gasteiger partial charge in [0.1, 0.15) is 5.82 Å². The van der Waals surface area contributed by atoms with Crippen molar-refractivity contribution in [2.75, 3.05) is 5.32 Å². The van der Waals surface area contributed by atoms with Gasteiger partial charge in [-0.1, -0.05) is 11.6 Å². The lowest BCUT2D eigenvalue weighted by molar-refractivity contribution is 0.445. The number of nitrogens with one attached hydrogen (secondary N) is 1. The van der Waals surface area contributed by atoms with E-state index in [0.717, 1.165) is 18.2 Å². The van der Waals surface area contributed by atoms with E-state index in [1.807, 2.05) is 0 Å². The predicted octanol–water partition coefficient (Wildman–Crippen LogP) is 4.51. The lowest BCUT2D eigenvalue weighted by atomic mass is 10.2. The van der Waals surface area contributed by atoms with Crippen LogP contribution >= 0.6 is 11.6 Å². The van der Waals surface area contributed by atoms with Crippen molar-refractivity contribution in [3.63, 3.8) is 0 Å². The van der Waals surface area contributed by atoms with Gasteiger partial charge in [0.15, 0.2) is 17.5 Å². The average molecular weight is 290 g/mol. The molecule has 19 heavy (non-hydrogen) atoms. The molecular weight excluding hydrogens is 282 g/mol. The molecule has 0 aliphatic carbocycles. The summed E-state index contributed by atoms with van der Waals surface area (Å²) in [5, 5.41) is 2.72. The summed E-state index contributed by atoms with van der Waals surface area (Å²) >= 11 is 5.51. The fourth-order valence-corrected chi connectivity index (χ4v) is 1.64. The van der Waals surface area contributed by atoms with E-state index in [4.69, 9.17) is 11.6 Å². The minimum absolute atomic E-state index is 0.0230. The molecular formula is C13H8ClF4N. The quantitative estimate of drug-likeness (QED) is 0.647. The molecule has 1 N–H and O–H groups in total. The van der Waals surface area contributed by atoms with E-state index >= 15 is 0 Å². The van der Waals surface area contributed by atoms with Crippen molar-refractivity contribution in [3.05, 3.63) is 64.2 Å². The van der Waals surface area contributed by atoms with Crippen LogP contribution in [-0.4, -0.2) is 0 Å². The van der Waals surface area contributed by atoms with E-state index in [1.165, 1.54) is 12.1 Å². The second-order valence-electron chi connectivity index (χ2n) is 3.86. The van der Waals surface area contributed by atoms with Gasteiger partial charge in [-0.2, -0.15) is 0 Å². The van der Waals surface area contributed by atoms with Crippen molar-refractivity contribution >= 4 is 17.3 Å². The monoisotopic (exact) mass is 289 g/mol. The molecule has 0 spiro atoms. The van der Waals surface area contributed by atoms with Crippen LogP contribution in [0.2, 0.25) is 5.02 Å². The highest BCUT2D eigenvalue weighted by Gasteiger charge is 2.10. The Hall–Kier alpha value is -1.75. The highest BCUT2D eigenvalue weighted by atomic mass is 35.5. The van der Waals surface area contributed by atoms with Crippen LogP contribution in [0.15, 0.2) is 30.3 Å². The lowest BCUT2D eigenvalue weighted by Crippen LogP contribution is -2.02. The Morgan fingerprint density at radius 3 is 2.11 bits per heavy atom. The van der Waals surface area contributed by atoms with Crippen molar-refractivity contribution in [1.82, 2.24) is 0 Å². The first-order chi connectivity index (χ1) is 8.97. The number of rotatable bonds is 3. The van der Waals surface area contributed by atoms with Gasteiger partial charge in [0, 0.05) is 12.2 Å². The summed E-state index contributed by atoms with van der Waals surface area (Å²) in [5.74, 6) is -4.65. The van der Waals surface area contributed by atoms with E-state index in [9.17, 15) is 17.6 Å². The fraction of sp³-hybridized carbons (Fsp3) is 0.0769. The van der Waals surface area contributed by atoms with Crippen LogP contribution < -0.4 is 5.32 Å². The van der Waals surface area contributed by atoms with Gasteiger partial charge in [0.05, 0.1) is 5.02 Å². The van der Waals surface area contributed by atoms with Crippen molar-refractivity contribution in [1.29, 1.82) is 0 Å². The van der Waals surface area contributed by atoms with E-state index in [0.29, 0.717) is 5.69 Å². The Morgan fingerprint density at radius 1 is 0.895 bits per heavy atom. The van der Waals surface area contributed by atoms with Gasteiger partial charge in [0.2, 0.25) is 0 Å². The summed E-state index contributed by atoms with van der Waals surface area (Å²) in [7, 11) is 0. The molecule has 0 amide bonds. The molecule has 0 heterocycles. The Morgan fingerprint density at radius 2 is 1.53 bits per heavy atom. The second kappa shape index (κ2) is 5.48. The first-order valence-corrected chi connectivity index (χ1v) is 5.67. The molecule has 0 radical (unpaired) electrons. The zero-order valence-electron chi connectivity index (χ0n) is 9.48. The smallest absolute Gasteiger partial charge is 0.194 e. The van der Waals surface area contributed by atoms with Gasteiger partial charge in [-0.25, -0.2) is 17.6 Å². The first kappa shape index (κ1) is 13.7. The molecule has 0 aliphatic heterocycles. The molecule has 2 aromatic rings. The van der Waals surface area contributed by atoms with Gasteiger partial charge in [-0.3, -0.25) is 0 Å². The standard InChI is InChI=1S/C13H8ClF4N/c14-9-2-1-8(5-10(9)15)19-6-7-3-11(16)13(18)12(17)4-7/h1-5,19H,6H2. The van der Waals surface area contributed by atoms with Crippen LogP contribution in [0.1, 0.15) is 5.56 Å². The van der Waals surface area contributed by atoms with E-state index in [2.05, 4.69) is 5.32 Å². The van der Waals surface area contributed by atoms with Crippen molar-refractivity contribution in [2.45, 2.75) is 6.54 Å². The molecule has 0 aromatic heterocycles. The van der Waals surface area contributed by atoms with E-state index < -0.39 is 23.3 Å². The number of benzene rings is 2. The maximum Gasteiger partial charge on any atom is 0.194 e. The third-order valence-electron chi connectivity index (χ3n) is 2.46. The molecule has 0 saturated heterocycles. The van der Waals surface area contributed by atoms with E-state index in [-0.39, 0.29) is 17.1 Å². The summed E-state index contributed by atoms with van der Waals surface area (Å²) < 4.78 is 51.8. The van der Waals surface area contributed by atoms with Crippen molar-refractivity contribution < 1.29 is 17.6 Å². The normalized spacial score (nSPS) is 10.6. The van der Waals surface area contributed by atoms with Crippen LogP contribution in [0.3, 0.4) is 0 Å². The highest BCUT2D eigenvalue weighted by molar-refractivity contribution is 6.30.